The number of carbonyl (C=O) groups excluding carboxylic acids is 2. The molecule has 1 amide bonds. The number of carbonyl (C=O) groups is 2. The van der Waals surface area contributed by atoms with E-state index in [1.54, 1.807) is 49.5 Å². The van der Waals surface area contributed by atoms with E-state index in [1.165, 1.54) is 0 Å². The summed E-state index contributed by atoms with van der Waals surface area (Å²) in [4.78, 5) is 32.6. The number of nitrogens with one attached hydrogen (secondary N) is 1. The number of rotatable bonds is 5. The number of amides is 1. The number of ether oxygens (including phenoxy) is 1. The Labute approximate surface area is 158 Å². The van der Waals surface area contributed by atoms with Crippen molar-refractivity contribution < 1.29 is 14.3 Å². The van der Waals surface area contributed by atoms with Crippen LogP contribution in [0.4, 0.5) is 11.5 Å². The van der Waals surface area contributed by atoms with Gasteiger partial charge in [-0.3, -0.25) is 4.79 Å². The fraction of sp³-hybridized carbons (Fsp3) is 0.350. The van der Waals surface area contributed by atoms with Gasteiger partial charge in [0.05, 0.1) is 17.7 Å². The zero-order valence-corrected chi connectivity index (χ0v) is 15.6. The quantitative estimate of drug-likeness (QED) is 0.817. The lowest BCUT2D eigenvalue weighted by molar-refractivity contribution is 0.0526. The van der Waals surface area contributed by atoms with Crippen molar-refractivity contribution in [1.29, 1.82) is 0 Å². The highest BCUT2D eigenvalue weighted by Gasteiger charge is 2.20. The molecule has 0 atom stereocenters. The molecule has 1 fully saturated rings. The van der Waals surface area contributed by atoms with E-state index in [0.29, 0.717) is 23.6 Å². The molecule has 1 aliphatic rings. The summed E-state index contributed by atoms with van der Waals surface area (Å²) >= 11 is 0. The first-order chi connectivity index (χ1) is 13.1. The van der Waals surface area contributed by atoms with Gasteiger partial charge >= 0.3 is 5.97 Å². The number of esters is 1. The van der Waals surface area contributed by atoms with Crippen LogP contribution in [0.5, 0.6) is 0 Å². The van der Waals surface area contributed by atoms with Gasteiger partial charge in [-0.2, -0.15) is 0 Å². The fourth-order valence-electron chi connectivity index (χ4n) is 2.84. The van der Waals surface area contributed by atoms with Crippen molar-refractivity contribution in [3.63, 3.8) is 0 Å². The minimum atomic E-state index is -0.339. The molecule has 0 bridgehead atoms. The SMILES string of the molecule is CCOC(=O)c1ccc(Nc2ccc(C(=O)N3CCN(C)CC3)cn2)cc1. The summed E-state index contributed by atoms with van der Waals surface area (Å²) in [6.45, 7) is 5.38. The van der Waals surface area contributed by atoms with Crippen molar-refractivity contribution in [1.82, 2.24) is 14.8 Å². The van der Waals surface area contributed by atoms with Crippen LogP contribution in [0.3, 0.4) is 0 Å². The Morgan fingerprint density at radius 2 is 1.70 bits per heavy atom. The predicted molar refractivity (Wildman–Crippen MR) is 103 cm³/mol. The third kappa shape index (κ3) is 4.83. The highest BCUT2D eigenvalue weighted by atomic mass is 16.5. The summed E-state index contributed by atoms with van der Waals surface area (Å²) in [5, 5.41) is 3.16. The fourth-order valence-corrected chi connectivity index (χ4v) is 2.84. The first kappa shape index (κ1) is 18.8. The number of hydrogen-bond acceptors (Lipinski definition) is 6. The number of nitrogens with zero attached hydrogens (tertiary/aromatic N) is 3. The zero-order valence-electron chi connectivity index (χ0n) is 15.6. The molecule has 1 saturated heterocycles. The monoisotopic (exact) mass is 368 g/mol. The second-order valence-corrected chi connectivity index (χ2v) is 6.45. The Kier molecular flexibility index (Phi) is 6.03. The molecule has 1 aromatic carbocycles. The van der Waals surface area contributed by atoms with Crippen LogP contribution in [0.1, 0.15) is 27.6 Å². The largest absolute Gasteiger partial charge is 0.462 e. The molecule has 0 saturated carbocycles. The Balaban J connectivity index is 1.60. The van der Waals surface area contributed by atoms with Gasteiger partial charge in [-0.05, 0) is 50.4 Å². The Hall–Kier alpha value is -2.93. The Morgan fingerprint density at radius 1 is 1.04 bits per heavy atom. The average molecular weight is 368 g/mol. The van der Waals surface area contributed by atoms with E-state index < -0.39 is 0 Å². The summed E-state index contributed by atoms with van der Waals surface area (Å²) < 4.78 is 4.97. The molecule has 0 spiro atoms. The lowest BCUT2D eigenvalue weighted by atomic mass is 10.2. The minimum absolute atomic E-state index is 0.0148. The number of aromatic nitrogens is 1. The molecule has 27 heavy (non-hydrogen) atoms. The van der Waals surface area contributed by atoms with Crippen molar-refractivity contribution in [2.75, 3.05) is 45.2 Å². The van der Waals surface area contributed by atoms with Crippen molar-refractivity contribution in [3.05, 3.63) is 53.7 Å². The molecule has 7 heteroatoms. The second-order valence-electron chi connectivity index (χ2n) is 6.45. The summed E-state index contributed by atoms with van der Waals surface area (Å²) in [6, 6.07) is 10.5. The summed E-state index contributed by atoms with van der Waals surface area (Å²) in [7, 11) is 2.06. The molecule has 142 valence electrons. The number of benzene rings is 1. The van der Waals surface area contributed by atoms with Crippen LogP contribution in [-0.4, -0.2) is 66.5 Å². The van der Waals surface area contributed by atoms with Crippen LogP contribution in [0.15, 0.2) is 42.6 Å². The molecule has 1 aromatic heterocycles. The second kappa shape index (κ2) is 8.64. The standard InChI is InChI=1S/C20H24N4O3/c1-3-27-20(26)15-4-7-17(8-5-15)22-18-9-6-16(14-21-18)19(25)24-12-10-23(2)11-13-24/h4-9,14H,3,10-13H2,1-2H3,(H,21,22). The first-order valence-electron chi connectivity index (χ1n) is 9.05. The van der Waals surface area contributed by atoms with E-state index in [0.717, 1.165) is 31.9 Å². The molecule has 0 radical (unpaired) electrons. The predicted octanol–water partition coefficient (Wildman–Crippen LogP) is 2.39. The first-order valence-corrected chi connectivity index (χ1v) is 9.05. The van der Waals surface area contributed by atoms with Gasteiger partial charge in [0.1, 0.15) is 5.82 Å². The molecule has 0 unspecified atom stereocenters. The molecular formula is C20H24N4O3. The smallest absolute Gasteiger partial charge is 0.338 e. The maximum Gasteiger partial charge on any atom is 0.338 e. The number of likely N-dealkylation sites (N-methyl/N-ethyl adjacent to an activating group) is 1. The van der Waals surface area contributed by atoms with E-state index in [2.05, 4.69) is 22.2 Å². The van der Waals surface area contributed by atoms with Gasteiger partial charge in [-0.1, -0.05) is 0 Å². The van der Waals surface area contributed by atoms with Crippen LogP contribution >= 0.6 is 0 Å². The number of hydrogen-bond donors (Lipinski definition) is 1. The average Bonchev–Trinajstić information content (AvgIpc) is 2.69. The molecule has 2 aromatic rings. The van der Waals surface area contributed by atoms with Gasteiger partial charge in [0.25, 0.3) is 5.91 Å². The van der Waals surface area contributed by atoms with Crippen LogP contribution in [-0.2, 0) is 4.74 Å². The lowest BCUT2D eigenvalue weighted by Crippen LogP contribution is -2.47. The van der Waals surface area contributed by atoms with Crippen molar-refractivity contribution >= 4 is 23.4 Å². The highest BCUT2D eigenvalue weighted by molar-refractivity contribution is 5.94. The molecule has 0 aliphatic carbocycles. The summed E-state index contributed by atoms with van der Waals surface area (Å²) in [5.74, 6) is 0.309. The Bertz CT molecular complexity index is 782. The lowest BCUT2D eigenvalue weighted by Gasteiger charge is -2.32. The molecule has 7 nitrogen and oxygen atoms in total. The van der Waals surface area contributed by atoms with E-state index in [4.69, 9.17) is 4.74 Å². The topological polar surface area (TPSA) is 74.8 Å². The maximum absolute atomic E-state index is 12.5. The van der Waals surface area contributed by atoms with Gasteiger partial charge in [0.15, 0.2) is 0 Å². The van der Waals surface area contributed by atoms with Crippen molar-refractivity contribution in [2.45, 2.75) is 6.92 Å². The molecule has 2 heterocycles. The minimum Gasteiger partial charge on any atom is -0.462 e. The zero-order chi connectivity index (χ0) is 19.2. The van der Waals surface area contributed by atoms with E-state index in [-0.39, 0.29) is 11.9 Å². The van der Waals surface area contributed by atoms with Crippen LogP contribution in [0.25, 0.3) is 0 Å². The van der Waals surface area contributed by atoms with Crippen molar-refractivity contribution in [3.8, 4) is 0 Å². The molecular weight excluding hydrogens is 344 g/mol. The summed E-state index contributed by atoms with van der Waals surface area (Å²) in [5.41, 5.74) is 1.89. The van der Waals surface area contributed by atoms with Gasteiger partial charge in [-0.25, -0.2) is 9.78 Å². The van der Waals surface area contributed by atoms with E-state index in [9.17, 15) is 9.59 Å². The van der Waals surface area contributed by atoms with Gasteiger partial charge in [0, 0.05) is 38.1 Å². The van der Waals surface area contributed by atoms with Crippen LogP contribution in [0, 0.1) is 0 Å². The number of piperazine rings is 1. The third-order valence-electron chi connectivity index (χ3n) is 4.47. The Morgan fingerprint density at radius 3 is 2.30 bits per heavy atom. The molecule has 1 N–H and O–H groups in total. The number of pyridine rings is 1. The van der Waals surface area contributed by atoms with Gasteiger partial charge < -0.3 is 19.9 Å². The maximum atomic E-state index is 12.5. The molecule has 3 rings (SSSR count). The normalized spacial score (nSPS) is 14.7. The van der Waals surface area contributed by atoms with Gasteiger partial charge in [-0.15, -0.1) is 0 Å². The van der Waals surface area contributed by atoms with Crippen molar-refractivity contribution in [2.24, 2.45) is 0 Å². The van der Waals surface area contributed by atoms with Gasteiger partial charge in [0.2, 0.25) is 0 Å². The van der Waals surface area contributed by atoms with E-state index in [1.807, 2.05) is 4.90 Å². The van der Waals surface area contributed by atoms with Crippen LogP contribution < -0.4 is 5.32 Å². The van der Waals surface area contributed by atoms with Crippen LogP contribution in [0.2, 0.25) is 0 Å². The van der Waals surface area contributed by atoms with E-state index >= 15 is 0 Å². The summed E-state index contributed by atoms with van der Waals surface area (Å²) in [6.07, 6.45) is 1.59. The third-order valence-corrected chi connectivity index (χ3v) is 4.47. The highest BCUT2D eigenvalue weighted by Crippen LogP contribution is 2.17. The number of anilines is 2. The molecule has 1 aliphatic heterocycles.